The molecule has 0 bridgehead atoms. The second-order valence-corrected chi connectivity index (χ2v) is 5.07. The van der Waals surface area contributed by atoms with Crippen molar-refractivity contribution in [1.82, 2.24) is 19.7 Å². The van der Waals surface area contributed by atoms with Gasteiger partial charge in [0.2, 0.25) is 5.89 Å². The lowest BCUT2D eigenvalue weighted by Gasteiger charge is -2.05. The van der Waals surface area contributed by atoms with Crippen LogP contribution in [-0.2, 0) is 18.8 Å². The minimum atomic E-state index is 0.330. The monoisotopic (exact) mass is 310 g/mol. The van der Waals surface area contributed by atoms with Gasteiger partial charge < -0.3 is 9.09 Å². The van der Waals surface area contributed by atoms with Crippen molar-refractivity contribution in [2.75, 3.05) is 0 Å². The van der Waals surface area contributed by atoms with Crippen LogP contribution in [-0.4, -0.2) is 19.7 Å². The van der Waals surface area contributed by atoms with Crippen molar-refractivity contribution in [3.8, 4) is 0 Å². The first-order chi connectivity index (χ1) is 9.69. The number of benzene rings is 1. The van der Waals surface area contributed by atoms with Crippen LogP contribution in [0.3, 0.4) is 0 Å². The van der Waals surface area contributed by atoms with Crippen molar-refractivity contribution in [2.24, 2.45) is 0 Å². The smallest absolute Gasteiger partial charge is 0.223 e. The number of aromatic nitrogens is 4. The maximum atomic E-state index is 6.16. The molecule has 0 amide bonds. The van der Waals surface area contributed by atoms with Crippen LogP contribution < -0.4 is 0 Å². The van der Waals surface area contributed by atoms with Gasteiger partial charge in [0.25, 0.3) is 0 Å². The van der Waals surface area contributed by atoms with Crippen molar-refractivity contribution in [1.29, 1.82) is 0 Å². The summed E-state index contributed by atoms with van der Waals surface area (Å²) in [6.45, 7) is 2.45. The molecule has 104 valence electrons. The molecule has 0 saturated carbocycles. The lowest BCUT2D eigenvalue weighted by atomic mass is 10.3. The SMILES string of the molecule is Cc1nc(CCn2c(CCl)nc3c(Cl)cccc32)no1. The summed E-state index contributed by atoms with van der Waals surface area (Å²) in [5.41, 5.74) is 1.74. The first kappa shape index (κ1) is 13.4. The van der Waals surface area contributed by atoms with Gasteiger partial charge in [-0.05, 0) is 12.1 Å². The number of alkyl halides is 1. The van der Waals surface area contributed by atoms with E-state index in [-0.39, 0.29) is 0 Å². The summed E-state index contributed by atoms with van der Waals surface area (Å²) in [6.07, 6.45) is 0.652. The average molecular weight is 311 g/mol. The fraction of sp³-hybridized carbons (Fsp3) is 0.308. The van der Waals surface area contributed by atoms with Crippen LogP contribution in [0.15, 0.2) is 22.7 Å². The minimum Gasteiger partial charge on any atom is -0.340 e. The van der Waals surface area contributed by atoms with Gasteiger partial charge in [-0.3, -0.25) is 0 Å². The number of rotatable bonds is 4. The maximum Gasteiger partial charge on any atom is 0.223 e. The highest BCUT2D eigenvalue weighted by Crippen LogP contribution is 2.24. The van der Waals surface area contributed by atoms with Crippen molar-refractivity contribution in [2.45, 2.75) is 25.8 Å². The second kappa shape index (κ2) is 5.42. The van der Waals surface area contributed by atoms with Gasteiger partial charge in [0.15, 0.2) is 5.82 Å². The third-order valence-electron chi connectivity index (χ3n) is 3.06. The second-order valence-electron chi connectivity index (χ2n) is 4.40. The Labute approximate surface area is 125 Å². The molecule has 2 aromatic heterocycles. The van der Waals surface area contributed by atoms with Gasteiger partial charge in [-0.25, -0.2) is 4.98 Å². The quantitative estimate of drug-likeness (QED) is 0.693. The van der Waals surface area contributed by atoms with E-state index in [1.165, 1.54) is 0 Å². The highest BCUT2D eigenvalue weighted by molar-refractivity contribution is 6.35. The van der Waals surface area contributed by atoms with E-state index in [1.54, 1.807) is 6.92 Å². The number of fused-ring (bicyclic) bond motifs is 1. The van der Waals surface area contributed by atoms with E-state index >= 15 is 0 Å². The van der Waals surface area contributed by atoms with Gasteiger partial charge in [-0.2, -0.15) is 4.98 Å². The molecule has 0 aliphatic carbocycles. The largest absolute Gasteiger partial charge is 0.340 e. The van der Waals surface area contributed by atoms with Crippen LogP contribution in [0.1, 0.15) is 17.5 Å². The highest BCUT2D eigenvalue weighted by atomic mass is 35.5. The predicted molar refractivity (Wildman–Crippen MR) is 77.0 cm³/mol. The van der Waals surface area contributed by atoms with Crippen LogP contribution in [0.4, 0.5) is 0 Å². The summed E-state index contributed by atoms with van der Waals surface area (Å²) in [5, 5.41) is 4.52. The van der Waals surface area contributed by atoms with Crippen LogP contribution in [0, 0.1) is 6.92 Å². The Morgan fingerprint density at radius 2 is 2.15 bits per heavy atom. The van der Waals surface area contributed by atoms with E-state index in [0.717, 1.165) is 16.9 Å². The van der Waals surface area contributed by atoms with E-state index in [2.05, 4.69) is 15.1 Å². The zero-order chi connectivity index (χ0) is 14.1. The Bertz CT molecular complexity index is 750. The van der Waals surface area contributed by atoms with Gasteiger partial charge in [0, 0.05) is 19.9 Å². The fourth-order valence-electron chi connectivity index (χ4n) is 2.17. The summed E-state index contributed by atoms with van der Waals surface area (Å²) in [5.74, 6) is 2.36. The minimum absolute atomic E-state index is 0.330. The molecule has 0 unspecified atom stereocenters. The van der Waals surface area contributed by atoms with Crippen LogP contribution in [0.5, 0.6) is 0 Å². The van der Waals surface area contributed by atoms with Gasteiger partial charge in [0.1, 0.15) is 11.3 Å². The van der Waals surface area contributed by atoms with E-state index in [9.17, 15) is 0 Å². The molecule has 0 aliphatic rings. The molecule has 0 atom stereocenters. The molecule has 0 radical (unpaired) electrons. The van der Waals surface area contributed by atoms with Gasteiger partial charge in [-0.15, -0.1) is 11.6 Å². The van der Waals surface area contributed by atoms with Gasteiger partial charge in [-0.1, -0.05) is 22.8 Å². The molecule has 0 saturated heterocycles. The summed E-state index contributed by atoms with van der Waals surface area (Å²) in [6, 6.07) is 5.70. The Kier molecular flexibility index (Phi) is 3.63. The standard InChI is InChI=1S/C13H12Cl2N4O/c1-8-16-11(18-20-8)5-6-19-10-4-2-3-9(15)13(10)17-12(19)7-14/h2-4H,5-7H2,1H3. The first-order valence-electron chi connectivity index (χ1n) is 6.18. The Hall–Kier alpha value is -1.59. The maximum absolute atomic E-state index is 6.16. The fourth-order valence-corrected chi connectivity index (χ4v) is 2.58. The normalized spacial score (nSPS) is 11.3. The number of para-hydroxylation sites is 1. The Morgan fingerprint density at radius 1 is 1.30 bits per heavy atom. The molecule has 3 rings (SSSR count). The van der Waals surface area contributed by atoms with E-state index in [4.69, 9.17) is 27.7 Å². The van der Waals surface area contributed by atoms with E-state index in [1.807, 2.05) is 22.8 Å². The number of nitrogens with zero attached hydrogens (tertiary/aromatic N) is 4. The molecule has 0 N–H and O–H groups in total. The molecule has 0 fully saturated rings. The summed E-state index contributed by atoms with van der Waals surface area (Å²) >= 11 is 12.1. The van der Waals surface area contributed by atoms with Gasteiger partial charge >= 0.3 is 0 Å². The zero-order valence-corrected chi connectivity index (χ0v) is 12.3. The molecule has 0 aliphatic heterocycles. The number of halogens is 2. The number of hydrogen-bond donors (Lipinski definition) is 0. The molecule has 7 heteroatoms. The summed E-state index contributed by atoms with van der Waals surface area (Å²) in [7, 11) is 0. The topological polar surface area (TPSA) is 56.7 Å². The van der Waals surface area contributed by atoms with Crippen molar-refractivity contribution >= 4 is 34.2 Å². The molecular formula is C13H12Cl2N4O. The lowest BCUT2D eigenvalue weighted by Crippen LogP contribution is -2.06. The molecule has 3 aromatic rings. The molecule has 0 spiro atoms. The van der Waals surface area contributed by atoms with Gasteiger partial charge in [0.05, 0.1) is 16.4 Å². The number of hydrogen-bond acceptors (Lipinski definition) is 4. The summed E-state index contributed by atoms with van der Waals surface area (Å²) in [4.78, 5) is 8.68. The molecule has 5 nitrogen and oxygen atoms in total. The lowest BCUT2D eigenvalue weighted by molar-refractivity contribution is 0.386. The third-order valence-corrected chi connectivity index (χ3v) is 3.60. The van der Waals surface area contributed by atoms with Crippen molar-refractivity contribution in [3.63, 3.8) is 0 Å². The molecule has 2 heterocycles. The molecule has 1 aromatic carbocycles. The molecule has 20 heavy (non-hydrogen) atoms. The zero-order valence-electron chi connectivity index (χ0n) is 10.8. The number of aryl methyl sites for hydroxylation is 3. The average Bonchev–Trinajstić information content (AvgIpc) is 3.01. The Balaban J connectivity index is 1.95. The highest BCUT2D eigenvalue weighted by Gasteiger charge is 2.13. The van der Waals surface area contributed by atoms with Crippen LogP contribution in [0.2, 0.25) is 5.02 Å². The van der Waals surface area contributed by atoms with Crippen molar-refractivity contribution < 1.29 is 4.52 Å². The predicted octanol–water partition coefficient (Wildman–Crippen LogP) is 3.36. The van der Waals surface area contributed by atoms with Crippen LogP contribution in [0.25, 0.3) is 11.0 Å². The van der Waals surface area contributed by atoms with E-state index in [0.29, 0.717) is 35.6 Å². The Morgan fingerprint density at radius 3 is 2.85 bits per heavy atom. The number of imidazole rings is 1. The summed E-state index contributed by atoms with van der Waals surface area (Å²) < 4.78 is 7.01. The van der Waals surface area contributed by atoms with E-state index < -0.39 is 0 Å². The van der Waals surface area contributed by atoms with Crippen molar-refractivity contribution in [3.05, 3.63) is 40.8 Å². The van der Waals surface area contributed by atoms with Crippen LogP contribution >= 0.6 is 23.2 Å². The third kappa shape index (κ3) is 2.39. The molecular weight excluding hydrogens is 299 g/mol. The first-order valence-corrected chi connectivity index (χ1v) is 7.09.